The van der Waals surface area contributed by atoms with Crippen LogP contribution in [0.4, 0.5) is 0 Å². The van der Waals surface area contributed by atoms with Crippen LogP contribution in [-0.4, -0.2) is 58.4 Å². The Balaban J connectivity index is 2.25. The summed E-state index contributed by atoms with van der Waals surface area (Å²) in [6, 6.07) is -0.889. The second-order valence-corrected chi connectivity index (χ2v) is 3.87. The Labute approximate surface area is 97.0 Å². The summed E-state index contributed by atoms with van der Waals surface area (Å²) in [6.45, 7) is 1.53. The highest BCUT2D eigenvalue weighted by Crippen LogP contribution is 2.11. The zero-order valence-corrected chi connectivity index (χ0v) is 9.16. The van der Waals surface area contributed by atoms with Crippen LogP contribution in [0.3, 0.4) is 0 Å². The first-order valence-corrected chi connectivity index (χ1v) is 5.11. The minimum atomic E-state index is -1.13. The van der Waals surface area contributed by atoms with Crippen molar-refractivity contribution in [3.05, 3.63) is 0 Å². The van der Waals surface area contributed by atoms with Gasteiger partial charge in [-0.1, -0.05) is 0 Å². The van der Waals surface area contributed by atoms with Crippen molar-refractivity contribution in [3.8, 4) is 0 Å². The van der Waals surface area contributed by atoms with E-state index in [0.29, 0.717) is 0 Å². The van der Waals surface area contributed by atoms with E-state index >= 15 is 0 Å². The third-order valence-corrected chi connectivity index (χ3v) is 2.48. The van der Waals surface area contributed by atoms with Gasteiger partial charge in [0.1, 0.15) is 6.10 Å². The monoisotopic (exact) mass is 239 g/mol. The molecule has 0 saturated carbocycles. The van der Waals surface area contributed by atoms with Gasteiger partial charge < -0.3 is 15.9 Å². The first-order chi connectivity index (χ1) is 7.99. The zero-order chi connectivity index (χ0) is 12.6. The van der Waals surface area contributed by atoms with Crippen LogP contribution in [-0.2, 0) is 4.79 Å². The van der Waals surface area contributed by atoms with Crippen molar-refractivity contribution in [2.75, 3.05) is 6.54 Å². The molecular weight excluding hydrogens is 226 g/mol. The second-order valence-electron chi connectivity index (χ2n) is 3.87. The molecule has 17 heavy (non-hydrogen) atoms. The van der Waals surface area contributed by atoms with Crippen LogP contribution in [0.5, 0.6) is 0 Å². The Kier molecular flexibility index (Phi) is 2.90. The molecule has 0 aliphatic carbocycles. The number of hydrogen-bond acceptors (Lipinski definition) is 7. The van der Waals surface area contributed by atoms with Crippen LogP contribution in [0.1, 0.15) is 6.92 Å². The van der Waals surface area contributed by atoms with E-state index in [1.165, 1.54) is 6.92 Å². The number of carbonyl (C=O) groups is 1. The van der Waals surface area contributed by atoms with Crippen LogP contribution in [0.15, 0.2) is 15.0 Å². The third kappa shape index (κ3) is 2.17. The van der Waals surface area contributed by atoms with Crippen LogP contribution in [0.25, 0.3) is 0 Å². The lowest BCUT2D eigenvalue weighted by Crippen LogP contribution is -2.52. The second kappa shape index (κ2) is 4.22. The number of aliphatic hydroxyl groups is 2. The maximum Gasteiger partial charge on any atom is 0.259 e. The molecule has 3 atom stereocenters. The summed E-state index contributed by atoms with van der Waals surface area (Å²) in [5, 5.41) is 21.2. The summed E-state index contributed by atoms with van der Waals surface area (Å²) in [7, 11) is 0. The van der Waals surface area contributed by atoms with Crippen molar-refractivity contribution in [2.45, 2.75) is 25.2 Å². The average Bonchev–Trinajstić information content (AvgIpc) is 2.27. The molecule has 3 unspecified atom stereocenters. The number of amidine groups is 1. The SMILES string of the molecule is CC(O)C(O)C1=NC2C(=O)NC(N)=NC2=NC1. The average molecular weight is 239 g/mol. The van der Waals surface area contributed by atoms with E-state index in [1.807, 2.05) is 0 Å². The summed E-state index contributed by atoms with van der Waals surface area (Å²) < 4.78 is 0. The topological polar surface area (TPSA) is 133 Å². The molecule has 8 heteroatoms. The highest BCUT2D eigenvalue weighted by molar-refractivity contribution is 6.21. The minimum absolute atomic E-state index is 0.0141. The number of amides is 1. The highest BCUT2D eigenvalue weighted by Gasteiger charge is 2.33. The number of guanidine groups is 1. The van der Waals surface area contributed by atoms with Crippen molar-refractivity contribution in [3.63, 3.8) is 0 Å². The van der Waals surface area contributed by atoms with Gasteiger partial charge in [-0.15, -0.1) is 0 Å². The molecule has 0 saturated heterocycles. The molecule has 92 valence electrons. The van der Waals surface area contributed by atoms with E-state index in [4.69, 9.17) is 5.73 Å². The molecule has 2 rings (SSSR count). The quantitative estimate of drug-likeness (QED) is 0.420. The van der Waals surface area contributed by atoms with Crippen molar-refractivity contribution in [2.24, 2.45) is 20.7 Å². The Morgan fingerprint density at radius 3 is 2.88 bits per heavy atom. The summed E-state index contributed by atoms with van der Waals surface area (Å²) in [4.78, 5) is 23.5. The molecule has 1 amide bonds. The Morgan fingerprint density at radius 2 is 2.24 bits per heavy atom. The van der Waals surface area contributed by atoms with Crippen molar-refractivity contribution in [1.82, 2.24) is 5.32 Å². The van der Waals surface area contributed by atoms with E-state index in [1.54, 1.807) is 0 Å². The van der Waals surface area contributed by atoms with Gasteiger partial charge in [-0.2, -0.15) is 4.99 Å². The van der Waals surface area contributed by atoms with E-state index in [2.05, 4.69) is 20.3 Å². The largest absolute Gasteiger partial charge is 0.390 e. The first-order valence-electron chi connectivity index (χ1n) is 5.11. The standard InChI is InChI=1S/C9H13N5O3/c1-3(15)6(16)4-2-11-7-5(12-4)8(17)14-9(10)13-7/h3,5-6,15-16H,2H2,1H3,(H3,10,11,13,14,17). The van der Waals surface area contributed by atoms with Gasteiger partial charge >= 0.3 is 0 Å². The van der Waals surface area contributed by atoms with Crippen LogP contribution >= 0.6 is 0 Å². The number of rotatable bonds is 2. The van der Waals surface area contributed by atoms with Gasteiger partial charge in [0.25, 0.3) is 5.91 Å². The molecule has 0 bridgehead atoms. The summed E-state index contributed by atoms with van der Waals surface area (Å²) >= 11 is 0. The fourth-order valence-corrected chi connectivity index (χ4v) is 1.58. The Bertz CT molecular complexity index is 440. The maximum atomic E-state index is 11.6. The molecule has 0 aromatic rings. The van der Waals surface area contributed by atoms with Crippen molar-refractivity contribution in [1.29, 1.82) is 0 Å². The van der Waals surface area contributed by atoms with E-state index in [0.717, 1.165) is 0 Å². The van der Waals surface area contributed by atoms with Gasteiger partial charge in [0.05, 0.1) is 18.4 Å². The molecule has 0 aromatic carbocycles. The smallest absolute Gasteiger partial charge is 0.259 e. The Hall–Kier alpha value is -1.80. The van der Waals surface area contributed by atoms with Crippen LogP contribution in [0.2, 0.25) is 0 Å². The summed E-state index contributed by atoms with van der Waals surface area (Å²) in [6.07, 6.45) is -2.10. The molecule has 0 aromatic heterocycles. The normalized spacial score (nSPS) is 27.1. The number of nitrogens with zero attached hydrogens (tertiary/aromatic N) is 3. The highest BCUT2D eigenvalue weighted by atomic mass is 16.3. The molecule has 0 radical (unpaired) electrons. The minimum Gasteiger partial charge on any atom is -0.390 e. The van der Waals surface area contributed by atoms with Gasteiger partial charge in [0, 0.05) is 0 Å². The molecule has 5 N–H and O–H groups in total. The van der Waals surface area contributed by atoms with Crippen molar-refractivity contribution < 1.29 is 15.0 Å². The number of nitrogens with two attached hydrogens (primary N) is 1. The summed E-state index contributed by atoms with van der Waals surface area (Å²) in [5.41, 5.74) is 5.64. The van der Waals surface area contributed by atoms with Gasteiger partial charge in [0.15, 0.2) is 11.9 Å². The number of fused-ring (bicyclic) bond motifs is 1. The fraction of sp³-hybridized carbons (Fsp3) is 0.556. The molecule has 2 aliphatic rings. The van der Waals surface area contributed by atoms with E-state index in [-0.39, 0.29) is 24.1 Å². The predicted molar refractivity (Wildman–Crippen MR) is 61.0 cm³/mol. The molecule has 2 heterocycles. The zero-order valence-electron chi connectivity index (χ0n) is 9.16. The molecular formula is C9H13N5O3. The lowest BCUT2D eigenvalue weighted by molar-refractivity contribution is -0.119. The first kappa shape index (κ1) is 11.7. The molecule has 0 spiro atoms. The molecule has 2 aliphatic heterocycles. The number of nitrogens with one attached hydrogen (secondary N) is 1. The number of carbonyl (C=O) groups excluding carboxylic acids is 1. The van der Waals surface area contributed by atoms with Crippen LogP contribution in [0, 0.1) is 0 Å². The summed E-state index contributed by atoms with van der Waals surface area (Å²) in [5.74, 6) is -0.223. The number of hydrogen-bond donors (Lipinski definition) is 4. The predicted octanol–water partition coefficient (Wildman–Crippen LogP) is -2.61. The molecule has 0 fully saturated rings. The van der Waals surface area contributed by atoms with Gasteiger partial charge in [-0.3, -0.25) is 20.1 Å². The number of aliphatic imine (C=N–C) groups is 3. The van der Waals surface area contributed by atoms with Gasteiger partial charge in [-0.05, 0) is 6.92 Å². The van der Waals surface area contributed by atoms with Crippen LogP contribution < -0.4 is 11.1 Å². The van der Waals surface area contributed by atoms with E-state index < -0.39 is 24.2 Å². The lowest BCUT2D eigenvalue weighted by Gasteiger charge is -2.25. The number of aliphatic hydroxyl groups excluding tert-OH is 2. The van der Waals surface area contributed by atoms with Gasteiger partial charge in [0.2, 0.25) is 5.96 Å². The fourth-order valence-electron chi connectivity index (χ4n) is 1.58. The third-order valence-electron chi connectivity index (χ3n) is 2.48. The van der Waals surface area contributed by atoms with Gasteiger partial charge in [-0.25, -0.2) is 0 Å². The lowest BCUT2D eigenvalue weighted by atomic mass is 10.1. The van der Waals surface area contributed by atoms with E-state index in [9.17, 15) is 15.0 Å². The van der Waals surface area contributed by atoms with Crippen molar-refractivity contribution >= 4 is 23.4 Å². The Morgan fingerprint density at radius 1 is 1.53 bits per heavy atom. The molecule has 8 nitrogen and oxygen atoms in total. The maximum absolute atomic E-state index is 11.6.